The van der Waals surface area contributed by atoms with Crippen molar-refractivity contribution in [1.82, 2.24) is 0 Å². The van der Waals surface area contributed by atoms with Crippen LogP contribution in [0.25, 0.3) is 17.1 Å². The maximum atomic E-state index is 13.6. The summed E-state index contributed by atoms with van der Waals surface area (Å²) < 4.78 is 6.50. The molecule has 3 heteroatoms. The zero-order valence-corrected chi connectivity index (χ0v) is 16.4. The molecule has 0 radical (unpaired) electrons. The minimum atomic E-state index is -0.822. The van der Waals surface area contributed by atoms with Crippen LogP contribution in [0.4, 0.5) is 5.69 Å². The number of para-hydroxylation sites is 1. The lowest BCUT2D eigenvalue weighted by atomic mass is 9.71. The van der Waals surface area contributed by atoms with Crippen LogP contribution in [0.3, 0.4) is 0 Å². The molecular formula is C26H21NO2. The number of amides is 1. The molecule has 0 fully saturated rings. The van der Waals surface area contributed by atoms with Crippen LogP contribution >= 0.6 is 0 Å². The van der Waals surface area contributed by atoms with Crippen molar-refractivity contribution >= 4 is 28.7 Å². The van der Waals surface area contributed by atoms with E-state index in [4.69, 9.17) is 4.74 Å². The van der Waals surface area contributed by atoms with Gasteiger partial charge < -0.3 is 9.64 Å². The molecule has 0 bridgehead atoms. The number of hydrogen-bond donors (Lipinski definition) is 0. The number of benzene rings is 3. The van der Waals surface area contributed by atoms with E-state index in [2.05, 4.69) is 6.07 Å². The molecule has 0 unspecified atom stereocenters. The van der Waals surface area contributed by atoms with Crippen molar-refractivity contribution in [3.63, 3.8) is 0 Å². The van der Waals surface area contributed by atoms with Crippen LogP contribution in [-0.2, 0) is 9.53 Å². The molecule has 0 spiro atoms. The quantitative estimate of drug-likeness (QED) is 0.579. The van der Waals surface area contributed by atoms with E-state index in [0.29, 0.717) is 5.76 Å². The summed E-state index contributed by atoms with van der Waals surface area (Å²) in [4.78, 5) is 15.3. The average molecular weight is 379 g/mol. The lowest BCUT2D eigenvalue weighted by Gasteiger charge is -2.42. The Bertz CT molecular complexity index is 1160. The van der Waals surface area contributed by atoms with Crippen molar-refractivity contribution in [2.75, 3.05) is 11.9 Å². The van der Waals surface area contributed by atoms with Crippen LogP contribution in [0.1, 0.15) is 23.6 Å². The molecular weight excluding hydrogens is 358 g/mol. The molecule has 3 nitrogen and oxygen atoms in total. The molecule has 0 aliphatic carbocycles. The Morgan fingerprint density at radius 2 is 1.38 bits per heavy atom. The van der Waals surface area contributed by atoms with E-state index in [1.165, 1.54) is 0 Å². The van der Waals surface area contributed by atoms with Gasteiger partial charge in [-0.2, -0.15) is 0 Å². The molecule has 0 N–H and O–H groups in total. The van der Waals surface area contributed by atoms with Gasteiger partial charge in [0.15, 0.2) is 0 Å². The van der Waals surface area contributed by atoms with E-state index in [0.717, 1.165) is 33.7 Å². The molecule has 2 aliphatic rings. The summed E-state index contributed by atoms with van der Waals surface area (Å²) in [6.07, 6.45) is 1.97. The van der Waals surface area contributed by atoms with Crippen LogP contribution in [-0.4, -0.2) is 13.0 Å². The fourth-order valence-electron chi connectivity index (χ4n) is 4.30. The maximum absolute atomic E-state index is 13.6. The Morgan fingerprint density at radius 1 is 0.793 bits per heavy atom. The van der Waals surface area contributed by atoms with Gasteiger partial charge in [-0.25, -0.2) is 0 Å². The Labute approximate surface area is 170 Å². The number of hydrogen-bond acceptors (Lipinski definition) is 2. The summed E-state index contributed by atoms with van der Waals surface area (Å²) in [5.41, 5.74) is 3.94. The molecule has 2 heterocycles. The normalized spacial score (nSPS) is 20.6. The minimum absolute atomic E-state index is 0.0383. The number of anilines is 1. The molecule has 0 saturated heterocycles. The first-order valence-corrected chi connectivity index (χ1v) is 9.73. The highest BCUT2D eigenvalue weighted by Crippen LogP contribution is 2.54. The number of rotatable bonds is 2. The third kappa shape index (κ3) is 2.62. The van der Waals surface area contributed by atoms with Gasteiger partial charge in [0.1, 0.15) is 11.5 Å². The fraction of sp³-hybridized carbons (Fsp3) is 0.115. The van der Waals surface area contributed by atoms with E-state index >= 15 is 0 Å². The first-order valence-electron chi connectivity index (χ1n) is 9.73. The van der Waals surface area contributed by atoms with Crippen LogP contribution < -0.4 is 4.90 Å². The summed E-state index contributed by atoms with van der Waals surface area (Å²) in [6, 6.07) is 28.0. The molecule has 1 amide bonds. The SMILES string of the molecule is CN1C(=O)[C@]2(C)C=C(c3ccccc3)OC(c3ccccc3)=C2c2ccccc21. The summed E-state index contributed by atoms with van der Waals surface area (Å²) in [6.45, 7) is 1.99. The van der Waals surface area contributed by atoms with Crippen LogP contribution in [0, 0.1) is 5.41 Å². The Balaban J connectivity index is 1.82. The average Bonchev–Trinajstić information content (AvgIpc) is 2.78. The highest BCUT2D eigenvalue weighted by atomic mass is 16.5. The molecule has 29 heavy (non-hydrogen) atoms. The van der Waals surface area contributed by atoms with Gasteiger partial charge in [-0.15, -0.1) is 0 Å². The topological polar surface area (TPSA) is 29.5 Å². The van der Waals surface area contributed by atoms with E-state index < -0.39 is 5.41 Å². The highest BCUT2D eigenvalue weighted by Gasteiger charge is 2.48. The molecule has 1 atom stereocenters. The van der Waals surface area contributed by atoms with Crippen LogP contribution in [0.2, 0.25) is 0 Å². The predicted molar refractivity (Wildman–Crippen MR) is 117 cm³/mol. The standard InChI is InChI=1S/C26H21NO2/c1-26-17-22(18-11-5-3-6-12-18)29-24(19-13-7-4-8-14-19)23(26)20-15-9-10-16-21(20)27(2)25(26)28/h3-17H,1-2H3/t26-/m1/s1. The third-order valence-corrected chi connectivity index (χ3v) is 5.76. The summed E-state index contributed by atoms with van der Waals surface area (Å²) >= 11 is 0. The van der Waals surface area contributed by atoms with Crippen molar-refractivity contribution in [1.29, 1.82) is 0 Å². The van der Waals surface area contributed by atoms with Gasteiger partial charge in [-0.1, -0.05) is 78.9 Å². The largest absolute Gasteiger partial charge is 0.456 e. The first-order chi connectivity index (χ1) is 14.1. The van der Waals surface area contributed by atoms with Crippen molar-refractivity contribution in [2.45, 2.75) is 6.92 Å². The molecule has 3 aromatic rings. The fourth-order valence-corrected chi connectivity index (χ4v) is 4.30. The summed E-state index contributed by atoms with van der Waals surface area (Å²) in [7, 11) is 1.84. The number of carbonyl (C=O) groups is 1. The number of nitrogens with zero attached hydrogens (tertiary/aromatic N) is 1. The van der Waals surface area contributed by atoms with Gasteiger partial charge in [0.05, 0.1) is 11.1 Å². The lowest BCUT2D eigenvalue weighted by molar-refractivity contribution is -0.122. The van der Waals surface area contributed by atoms with E-state index in [9.17, 15) is 4.79 Å². The number of ether oxygens (including phenoxy) is 1. The van der Waals surface area contributed by atoms with E-state index in [1.54, 1.807) is 4.90 Å². The second kappa shape index (κ2) is 6.49. The minimum Gasteiger partial charge on any atom is -0.456 e. The molecule has 2 aliphatic heterocycles. The zero-order valence-electron chi connectivity index (χ0n) is 16.4. The molecule has 0 saturated carbocycles. The van der Waals surface area contributed by atoms with Gasteiger partial charge in [-0.3, -0.25) is 4.79 Å². The highest BCUT2D eigenvalue weighted by molar-refractivity contribution is 6.18. The first kappa shape index (κ1) is 17.5. The van der Waals surface area contributed by atoms with Gasteiger partial charge in [0, 0.05) is 29.3 Å². The van der Waals surface area contributed by atoms with Gasteiger partial charge in [0.25, 0.3) is 0 Å². The third-order valence-electron chi connectivity index (χ3n) is 5.76. The van der Waals surface area contributed by atoms with Crippen molar-refractivity contribution in [2.24, 2.45) is 5.41 Å². The van der Waals surface area contributed by atoms with Crippen LogP contribution in [0.15, 0.2) is 91.0 Å². The molecule has 5 rings (SSSR count). The van der Waals surface area contributed by atoms with Gasteiger partial charge in [0.2, 0.25) is 5.91 Å². The summed E-state index contributed by atoms with van der Waals surface area (Å²) in [5, 5.41) is 0. The number of fused-ring (bicyclic) bond motifs is 3. The molecule has 3 aromatic carbocycles. The lowest BCUT2D eigenvalue weighted by Crippen LogP contribution is -2.45. The van der Waals surface area contributed by atoms with Crippen molar-refractivity contribution < 1.29 is 9.53 Å². The van der Waals surface area contributed by atoms with Crippen molar-refractivity contribution in [3.8, 4) is 0 Å². The summed E-state index contributed by atoms with van der Waals surface area (Å²) in [5.74, 6) is 1.48. The van der Waals surface area contributed by atoms with Gasteiger partial charge >= 0.3 is 0 Å². The Hall–Kier alpha value is -3.59. The van der Waals surface area contributed by atoms with Crippen molar-refractivity contribution in [3.05, 3.63) is 108 Å². The smallest absolute Gasteiger partial charge is 0.241 e. The van der Waals surface area contributed by atoms with E-state index in [-0.39, 0.29) is 5.91 Å². The Kier molecular flexibility index (Phi) is 3.92. The second-order valence-corrected chi connectivity index (χ2v) is 7.63. The van der Waals surface area contributed by atoms with Crippen LogP contribution in [0.5, 0.6) is 0 Å². The van der Waals surface area contributed by atoms with E-state index in [1.807, 2.05) is 98.9 Å². The predicted octanol–water partition coefficient (Wildman–Crippen LogP) is 5.61. The Morgan fingerprint density at radius 3 is 2.07 bits per heavy atom. The zero-order chi connectivity index (χ0) is 20.0. The maximum Gasteiger partial charge on any atom is 0.241 e. The van der Waals surface area contributed by atoms with Gasteiger partial charge in [-0.05, 0) is 19.1 Å². The molecule has 0 aromatic heterocycles. The molecule has 142 valence electrons. The second-order valence-electron chi connectivity index (χ2n) is 7.63. The number of carbonyl (C=O) groups excluding carboxylic acids is 1. The monoisotopic (exact) mass is 379 g/mol.